The fourth-order valence-corrected chi connectivity index (χ4v) is 2.17. The molecule has 0 aromatic heterocycles. The van der Waals surface area contributed by atoms with Crippen LogP contribution >= 0.6 is 0 Å². The second kappa shape index (κ2) is 9.02. The van der Waals surface area contributed by atoms with Gasteiger partial charge in [-0.1, -0.05) is 0 Å². The van der Waals surface area contributed by atoms with Gasteiger partial charge in [0.2, 0.25) is 0 Å². The van der Waals surface area contributed by atoms with Gasteiger partial charge in [0.15, 0.2) is 11.5 Å². The molecule has 0 fully saturated rings. The molecule has 1 aromatic carbocycles. The Balaban J connectivity index is 2.91. The van der Waals surface area contributed by atoms with Gasteiger partial charge in [-0.3, -0.25) is 9.59 Å². The molecule has 0 unspecified atom stereocenters. The smallest absolute Gasteiger partial charge is 0.307 e. The van der Waals surface area contributed by atoms with Crippen LogP contribution in [0.5, 0.6) is 11.5 Å². The number of methoxy groups -OCH3 is 2. The molecule has 0 saturated heterocycles. The van der Waals surface area contributed by atoms with Crippen molar-refractivity contribution >= 4 is 11.9 Å². The van der Waals surface area contributed by atoms with Gasteiger partial charge in [0.05, 0.1) is 27.2 Å². The maximum absolute atomic E-state index is 12.7. The van der Waals surface area contributed by atoms with E-state index < -0.39 is 0 Å². The lowest BCUT2D eigenvalue weighted by atomic mass is 10.1. The second-order valence-corrected chi connectivity index (χ2v) is 5.22. The number of esters is 1. The first-order valence-electron chi connectivity index (χ1n) is 7.63. The highest BCUT2D eigenvalue weighted by molar-refractivity contribution is 5.95. The Morgan fingerprint density at radius 3 is 2.30 bits per heavy atom. The van der Waals surface area contributed by atoms with Crippen molar-refractivity contribution in [3.8, 4) is 11.5 Å². The van der Waals surface area contributed by atoms with E-state index in [1.54, 1.807) is 37.1 Å². The highest BCUT2D eigenvalue weighted by Crippen LogP contribution is 2.28. The Bertz CT molecular complexity index is 542. The zero-order valence-electron chi connectivity index (χ0n) is 14.4. The number of hydrogen-bond donors (Lipinski definition) is 0. The van der Waals surface area contributed by atoms with E-state index in [0.29, 0.717) is 30.2 Å². The molecule has 0 bridgehead atoms. The minimum atomic E-state index is -0.307. The van der Waals surface area contributed by atoms with Crippen LogP contribution in [0.2, 0.25) is 0 Å². The van der Waals surface area contributed by atoms with Crippen molar-refractivity contribution in [3.05, 3.63) is 23.8 Å². The summed E-state index contributed by atoms with van der Waals surface area (Å²) in [6, 6.07) is 4.98. The van der Waals surface area contributed by atoms with Gasteiger partial charge < -0.3 is 19.1 Å². The first kappa shape index (κ1) is 18.8. The molecule has 23 heavy (non-hydrogen) atoms. The van der Waals surface area contributed by atoms with Crippen molar-refractivity contribution in [1.82, 2.24) is 4.90 Å². The number of ether oxygens (including phenoxy) is 3. The largest absolute Gasteiger partial charge is 0.493 e. The van der Waals surface area contributed by atoms with E-state index >= 15 is 0 Å². The van der Waals surface area contributed by atoms with Gasteiger partial charge >= 0.3 is 5.97 Å². The highest BCUT2D eigenvalue weighted by atomic mass is 16.5. The summed E-state index contributed by atoms with van der Waals surface area (Å²) in [5.41, 5.74) is 0.486. The number of benzene rings is 1. The van der Waals surface area contributed by atoms with E-state index in [1.165, 1.54) is 7.11 Å². The molecule has 0 radical (unpaired) electrons. The summed E-state index contributed by atoms with van der Waals surface area (Å²) in [7, 11) is 3.06. The predicted octanol–water partition coefficient (Wildman–Crippen LogP) is 2.51. The number of rotatable bonds is 8. The zero-order valence-corrected chi connectivity index (χ0v) is 14.4. The van der Waals surface area contributed by atoms with E-state index in [4.69, 9.17) is 14.2 Å². The van der Waals surface area contributed by atoms with Crippen LogP contribution in [0.3, 0.4) is 0 Å². The molecule has 1 rings (SSSR count). The van der Waals surface area contributed by atoms with Crippen LogP contribution in [-0.4, -0.2) is 50.2 Å². The first-order chi connectivity index (χ1) is 10.9. The lowest BCUT2D eigenvalue weighted by molar-refractivity contribution is -0.143. The molecule has 0 saturated carbocycles. The van der Waals surface area contributed by atoms with E-state index in [1.807, 2.05) is 13.8 Å². The standard InChI is InChI=1S/C17H25NO5/c1-6-23-16(19)9-10-18(12(2)3)17(20)13-7-8-14(21-4)15(11-13)22-5/h7-8,11-12H,6,9-10H2,1-5H3. The number of hydrogen-bond acceptors (Lipinski definition) is 5. The van der Waals surface area contributed by atoms with E-state index in [9.17, 15) is 9.59 Å². The van der Waals surface area contributed by atoms with Crippen LogP contribution in [0, 0.1) is 0 Å². The first-order valence-corrected chi connectivity index (χ1v) is 7.63. The van der Waals surface area contributed by atoms with Crippen LogP contribution in [-0.2, 0) is 9.53 Å². The van der Waals surface area contributed by atoms with E-state index in [0.717, 1.165) is 0 Å². The number of amides is 1. The summed E-state index contributed by atoms with van der Waals surface area (Å²) >= 11 is 0. The highest BCUT2D eigenvalue weighted by Gasteiger charge is 2.21. The van der Waals surface area contributed by atoms with E-state index in [2.05, 4.69) is 0 Å². The van der Waals surface area contributed by atoms with Crippen LogP contribution in [0.1, 0.15) is 37.6 Å². The topological polar surface area (TPSA) is 65.1 Å². The van der Waals surface area contributed by atoms with E-state index in [-0.39, 0.29) is 24.3 Å². The molecular weight excluding hydrogens is 298 g/mol. The predicted molar refractivity (Wildman–Crippen MR) is 87.0 cm³/mol. The molecule has 0 aliphatic heterocycles. The van der Waals surface area contributed by atoms with Gasteiger partial charge in [0.25, 0.3) is 5.91 Å². The lowest BCUT2D eigenvalue weighted by Crippen LogP contribution is -2.38. The van der Waals surface area contributed by atoms with Crippen LogP contribution in [0.15, 0.2) is 18.2 Å². The Morgan fingerprint density at radius 1 is 1.13 bits per heavy atom. The molecule has 0 N–H and O–H groups in total. The minimum absolute atomic E-state index is 0.0370. The Kier molecular flexibility index (Phi) is 7.38. The fourth-order valence-electron chi connectivity index (χ4n) is 2.17. The second-order valence-electron chi connectivity index (χ2n) is 5.22. The third-order valence-corrected chi connectivity index (χ3v) is 3.38. The Hall–Kier alpha value is -2.24. The fraction of sp³-hybridized carbons (Fsp3) is 0.529. The van der Waals surface area contributed by atoms with Gasteiger partial charge in [-0.05, 0) is 39.0 Å². The normalized spacial score (nSPS) is 10.3. The molecule has 0 spiro atoms. The summed E-state index contributed by atoms with van der Waals surface area (Å²) in [5.74, 6) is 0.586. The van der Waals surface area contributed by atoms with Crippen LogP contribution in [0.25, 0.3) is 0 Å². The summed E-state index contributed by atoms with van der Waals surface area (Å²) in [5, 5.41) is 0. The Morgan fingerprint density at radius 2 is 1.78 bits per heavy atom. The third kappa shape index (κ3) is 5.16. The number of carbonyl (C=O) groups is 2. The summed E-state index contributed by atoms with van der Waals surface area (Å²) in [4.78, 5) is 25.9. The molecule has 6 heteroatoms. The molecule has 1 amide bonds. The van der Waals surface area contributed by atoms with Gasteiger partial charge in [0.1, 0.15) is 0 Å². The molecule has 0 aliphatic rings. The molecule has 0 heterocycles. The average molecular weight is 323 g/mol. The Labute approximate surface area is 137 Å². The van der Waals surface area contributed by atoms with Gasteiger partial charge in [-0.25, -0.2) is 0 Å². The van der Waals surface area contributed by atoms with Crippen molar-refractivity contribution in [2.45, 2.75) is 33.2 Å². The summed E-state index contributed by atoms with van der Waals surface area (Å²) in [6.45, 7) is 6.22. The summed E-state index contributed by atoms with van der Waals surface area (Å²) in [6.07, 6.45) is 0.172. The molecule has 1 aromatic rings. The third-order valence-electron chi connectivity index (χ3n) is 3.38. The monoisotopic (exact) mass is 323 g/mol. The van der Waals surface area contributed by atoms with Gasteiger partial charge in [-0.15, -0.1) is 0 Å². The maximum Gasteiger partial charge on any atom is 0.307 e. The van der Waals surface area contributed by atoms with Gasteiger partial charge in [0, 0.05) is 18.2 Å². The van der Waals surface area contributed by atoms with Crippen molar-refractivity contribution < 1.29 is 23.8 Å². The lowest BCUT2D eigenvalue weighted by Gasteiger charge is -2.26. The molecule has 0 aliphatic carbocycles. The van der Waals surface area contributed by atoms with Crippen LogP contribution < -0.4 is 9.47 Å². The van der Waals surface area contributed by atoms with Crippen molar-refractivity contribution in [2.75, 3.05) is 27.4 Å². The van der Waals surface area contributed by atoms with Crippen molar-refractivity contribution in [1.29, 1.82) is 0 Å². The SMILES string of the molecule is CCOC(=O)CCN(C(=O)c1ccc(OC)c(OC)c1)C(C)C. The minimum Gasteiger partial charge on any atom is -0.493 e. The summed E-state index contributed by atoms with van der Waals surface area (Å²) < 4.78 is 15.3. The molecule has 6 nitrogen and oxygen atoms in total. The van der Waals surface area contributed by atoms with Gasteiger partial charge in [-0.2, -0.15) is 0 Å². The zero-order chi connectivity index (χ0) is 17.4. The van der Waals surface area contributed by atoms with Crippen molar-refractivity contribution in [3.63, 3.8) is 0 Å². The molecular formula is C17H25NO5. The molecule has 128 valence electrons. The number of nitrogens with zero attached hydrogens (tertiary/aromatic N) is 1. The quantitative estimate of drug-likeness (QED) is 0.688. The maximum atomic E-state index is 12.7. The molecule has 0 atom stereocenters. The van der Waals surface area contributed by atoms with Crippen molar-refractivity contribution in [2.24, 2.45) is 0 Å². The number of carbonyl (C=O) groups excluding carboxylic acids is 2. The van der Waals surface area contributed by atoms with Crippen LogP contribution in [0.4, 0.5) is 0 Å². The average Bonchev–Trinajstić information content (AvgIpc) is 2.54.